The maximum Gasteiger partial charge on any atom is 0.128 e. The van der Waals surface area contributed by atoms with E-state index in [1.165, 1.54) is 6.07 Å². The lowest BCUT2D eigenvalue weighted by Crippen LogP contribution is -2.15. The van der Waals surface area contributed by atoms with E-state index in [0.29, 0.717) is 11.3 Å². The van der Waals surface area contributed by atoms with Gasteiger partial charge in [0.1, 0.15) is 5.82 Å². The molecule has 4 N–H and O–H groups in total. The van der Waals surface area contributed by atoms with Gasteiger partial charge in [0.05, 0.1) is 0 Å². The highest BCUT2D eigenvalue weighted by Crippen LogP contribution is 2.37. The van der Waals surface area contributed by atoms with Gasteiger partial charge in [-0.1, -0.05) is 6.07 Å². The summed E-state index contributed by atoms with van der Waals surface area (Å²) in [7, 11) is 0. The molecule has 0 aliphatic heterocycles. The third kappa shape index (κ3) is 1.60. The third-order valence-electron chi connectivity index (χ3n) is 2.97. The minimum Gasteiger partial charge on any atom is -0.398 e. The summed E-state index contributed by atoms with van der Waals surface area (Å²) in [4.78, 5) is 0. The van der Waals surface area contributed by atoms with E-state index in [-0.39, 0.29) is 17.8 Å². The van der Waals surface area contributed by atoms with Crippen LogP contribution in [-0.4, -0.2) is 6.04 Å². The highest BCUT2D eigenvalue weighted by Gasteiger charge is 2.26. The SMILES string of the molecule is Nc1cccc(F)c1C1CCC(N)C1. The van der Waals surface area contributed by atoms with Gasteiger partial charge >= 0.3 is 0 Å². The van der Waals surface area contributed by atoms with Crippen LogP contribution in [0.3, 0.4) is 0 Å². The van der Waals surface area contributed by atoms with Gasteiger partial charge in [-0.3, -0.25) is 0 Å². The molecular formula is C11H15FN2. The molecule has 2 atom stereocenters. The van der Waals surface area contributed by atoms with E-state index in [2.05, 4.69) is 0 Å². The first-order valence-electron chi connectivity index (χ1n) is 4.98. The van der Waals surface area contributed by atoms with Gasteiger partial charge < -0.3 is 11.5 Å². The van der Waals surface area contributed by atoms with Crippen LogP contribution in [0.5, 0.6) is 0 Å². The Hall–Kier alpha value is -1.09. The van der Waals surface area contributed by atoms with Crippen molar-refractivity contribution in [2.75, 3.05) is 5.73 Å². The maximum atomic E-state index is 13.5. The Labute approximate surface area is 83.1 Å². The Kier molecular flexibility index (Phi) is 2.42. The molecule has 1 aromatic rings. The summed E-state index contributed by atoms with van der Waals surface area (Å²) < 4.78 is 13.5. The fourth-order valence-corrected chi connectivity index (χ4v) is 2.26. The van der Waals surface area contributed by atoms with Crippen molar-refractivity contribution >= 4 is 5.69 Å². The van der Waals surface area contributed by atoms with E-state index in [1.54, 1.807) is 12.1 Å². The van der Waals surface area contributed by atoms with Crippen molar-refractivity contribution in [3.05, 3.63) is 29.6 Å². The molecule has 1 saturated carbocycles. The lowest BCUT2D eigenvalue weighted by molar-refractivity contribution is 0.578. The molecule has 1 aromatic carbocycles. The molecule has 0 saturated heterocycles. The molecule has 14 heavy (non-hydrogen) atoms. The topological polar surface area (TPSA) is 52.0 Å². The van der Waals surface area contributed by atoms with Gasteiger partial charge in [-0.2, -0.15) is 0 Å². The number of hydrogen-bond acceptors (Lipinski definition) is 2. The lowest BCUT2D eigenvalue weighted by Gasteiger charge is -2.13. The quantitative estimate of drug-likeness (QED) is 0.672. The first-order chi connectivity index (χ1) is 6.68. The fourth-order valence-electron chi connectivity index (χ4n) is 2.26. The number of nitrogen functional groups attached to an aromatic ring is 1. The van der Waals surface area contributed by atoms with Gasteiger partial charge in [0.2, 0.25) is 0 Å². The highest BCUT2D eigenvalue weighted by atomic mass is 19.1. The Morgan fingerprint density at radius 3 is 2.64 bits per heavy atom. The molecule has 0 aromatic heterocycles. The van der Waals surface area contributed by atoms with E-state index >= 15 is 0 Å². The number of nitrogens with two attached hydrogens (primary N) is 2. The lowest BCUT2D eigenvalue weighted by atomic mass is 9.95. The maximum absolute atomic E-state index is 13.5. The van der Waals surface area contributed by atoms with Crippen molar-refractivity contribution in [3.63, 3.8) is 0 Å². The Morgan fingerprint density at radius 2 is 2.07 bits per heavy atom. The van der Waals surface area contributed by atoms with Crippen LogP contribution in [0, 0.1) is 5.82 Å². The van der Waals surface area contributed by atoms with Gasteiger partial charge in [0.15, 0.2) is 0 Å². The molecule has 0 radical (unpaired) electrons. The molecule has 1 fully saturated rings. The van der Waals surface area contributed by atoms with Crippen molar-refractivity contribution in [2.24, 2.45) is 5.73 Å². The number of halogens is 1. The van der Waals surface area contributed by atoms with E-state index in [0.717, 1.165) is 19.3 Å². The molecule has 0 heterocycles. The molecular weight excluding hydrogens is 179 g/mol. The van der Waals surface area contributed by atoms with Crippen LogP contribution in [-0.2, 0) is 0 Å². The number of anilines is 1. The van der Waals surface area contributed by atoms with Crippen LogP contribution in [0.2, 0.25) is 0 Å². The van der Waals surface area contributed by atoms with Crippen LogP contribution in [0.4, 0.5) is 10.1 Å². The summed E-state index contributed by atoms with van der Waals surface area (Å²) in [6, 6.07) is 5.07. The molecule has 0 bridgehead atoms. The standard InChI is InChI=1S/C11H15FN2/c12-9-2-1-3-10(14)11(9)7-4-5-8(13)6-7/h1-3,7-8H,4-6,13-14H2. The second kappa shape index (κ2) is 3.58. The molecule has 2 rings (SSSR count). The summed E-state index contributed by atoms with van der Waals surface area (Å²) in [5.41, 5.74) is 12.8. The van der Waals surface area contributed by atoms with Crippen LogP contribution in [0.15, 0.2) is 18.2 Å². The van der Waals surface area contributed by atoms with E-state index < -0.39 is 0 Å². The fraction of sp³-hybridized carbons (Fsp3) is 0.455. The number of hydrogen-bond donors (Lipinski definition) is 2. The predicted octanol–water partition coefficient (Wildman–Crippen LogP) is 2.00. The van der Waals surface area contributed by atoms with Crippen molar-refractivity contribution in [3.8, 4) is 0 Å². The van der Waals surface area contributed by atoms with Crippen molar-refractivity contribution in [1.29, 1.82) is 0 Å². The summed E-state index contributed by atoms with van der Waals surface area (Å²) in [6.07, 6.45) is 2.77. The largest absolute Gasteiger partial charge is 0.398 e. The van der Waals surface area contributed by atoms with Crippen LogP contribution < -0.4 is 11.5 Å². The smallest absolute Gasteiger partial charge is 0.128 e. The number of rotatable bonds is 1. The second-order valence-electron chi connectivity index (χ2n) is 4.01. The zero-order valence-electron chi connectivity index (χ0n) is 8.04. The van der Waals surface area contributed by atoms with E-state index in [1.807, 2.05) is 0 Å². The Morgan fingerprint density at radius 1 is 1.29 bits per heavy atom. The number of benzene rings is 1. The monoisotopic (exact) mass is 194 g/mol. The zero-order valence-corrected chi connectivity index (χ0v) is 8.04. The van der Waals surface area contributed by atoms with Crippen molar-refractivity contribution < 1.29 is 4.39 Å². The average molecular weight is 194 g/mol. The van der Waals surface area contributed by atoms with Gasteiger partial charge in [-0.25, -0.2) is 4.39 Å². The zero-order chi connectivity index (χ0) is 10.1. The van der Waals surface area contributed by atoms with Crippen LogP contribution in [0.25, 0.3) is 0 Å². The van der Waals surface area contributed by atoms with Gasteiger partial charge in [0, 0.05) is 17.3 Å². The molecule has 1 aliphatic rings. The first-order valence-corrected chi connectivity index (χ1v) is 4.98. The van der Waals surface area contributed by atoms with Gasteiger partial charge in [0.25, 0.3) is 0 Å². The summed E-state index contributed by atoms with van der Waals surface area (Å²) in [6.45, 7) is 0. The molecule has 0 spiro atoms. The molecule has 2 nitrogen and oxygen atoms in total. The minimum absolute atomic E-state index is 0.191. The first kappa shape index (κ1) is 9.46. The van der Waals surface area contributed by atoms with Gasteiger partial charge in [-0.15, -0.1) is 0 Å². The Balaban J connectivity index is 2.31. The second-order valence-corrected chi connectivity index (χ2v) is 4.01. The van der Waals surface area contributed by atoms with Gasteiger partial charge in [-0.05, 0) is 37.3 Å². The molecule has 76 valence electrons. The van der Waals surface area contributed by atoms with E-state index in [9.17, 15) is 4.39 Å². The molecule has 1 aliphatic carbocycles. The average Bonchev–Trinajstić information content (AvgIpc) is 2.51. The normalized spacial score (nSPS) is 26.7. The van der Waals surface area contributed by atoms with Crippen LogP contribution >= 0.6 is 0 Å². The van der Waals surface area contributed by atoms with Crippen molar-refractivity contribution in [1.82, 2.24) is 0 Å². The summed E-state index contributed by atoms with van der Waals surface area (Å²) >= 11 is 0. The van der Waals surface area contributed by atoms with Crippen LogP contribution in [0.1, 0.15) is 30.7 Å². The highest BCUT2D eigenvalue weighted by molar-refractivity contribution is 5.49. The summed E-state index contributed by atoms with van der Waals surface area (Å²) in [5, 5.41) is 0. The molecule has 3 heteroatoms. The third-order valence-corrected chi connectivity index (χ3v) is 2.97. The predicted molar refractivity (Wildman–Crippen MR) is 55.4 cm³/mol. The Bertz CT molecular complexity index is 318. The molecule has 2 unspecified atom stereocenters. The molecule has 0 amide bonds. The van der Waals surface area contributed by atoms with Crippen molar-refractivity contribution in [2.45, 2.75) is 31.2 Å². The minimum atomic E-state index is -0.191. The van der Waals surface area contributed by atoms with E-state index in [4.69, 9.17) is 11.5 Å². The summed E-state index contributed by atoms with van der Waals surface area (Å²) in [5.74, 6) is 0.0234.